The van der Waals surface area contributed by atoms with Gasteiger partial charge in [0.25, 0.3) is 0 Å². The van der Waals surface area contributed by atoms with Crippen molar-refractivity contribution < 1.29 is 9.32 Å². The van der Waals surface area contributed by atoms with Crippen molar-refractivity contribution in [3.63, 3.8) is 0 Å². The molecule has 0 aromatic carbocycles. The average Bonchev–Trinajstić information content (AvgIpc) is 3.14. The number of amides is 1. The first-order valence-corrected chi connectivity index (χ1v) is 8.04. The number of aliphatic imine (C=N–C) groups is 1. The fraction of sp³-hybridized carbons (Fsp3) is 0.733. The third kappa shape index (κ3) is 4.94. The number of carbonyl (C=O) groups is 1. The molecule has 128 valence electrons. The SMILES string of the molecule is CN=C(NCCc1nc(C)no1)NC1CCN(C(=O)C(C)C)C1. The lowest BCUT2D eigenvalue weighted by Crippen LogP contribution is -2.45. The first kappa shape index (κ1) is 17.2. The van der Waals surface area contributed by atoms with E-state index in [9.17, 15) is 4.79 Å². The Morgan fingerprint density at radius 3 is 2.91 bits per heavy atom. The Kier molecular flexibility index (Phi) is 5.95. The van der Waals surface area contributed by atoms with E-state index in [0.29, 0.717) is 24.7 Å². The molecule has 1 aromatic heterocycles. The summed E-state index contributed by atoms with van der Waals surface area (Å²) in [4.78, 5) is 22.3. The number of aryl methyl sites for hydroxylation is 1. The van der Waals surface area contributed by atoms with E-state index in [1.807, 2.05) is 18.7 Å². The predicted molar refractivity (Wildman–Crippen MR) is 87.1 cm³/mol. The second-order valence-corrected chi connectivity index (χ2v) is 6.05. The standard InChI is InChI=1S/C15H26N6O2/c1-10(2)14(22)21-8-6-12(9-21)19-15(16-4)17-7-5-13-18-11(3)20-23-13/h10,12H,5-9H2,1-4H3,(H2,16,17,19). The molecule has 23 heavy (non-hydrogen) atoms. The minimum atomic E-state index is 0.0454. The molecule has 0 spiro atoms. The zero-order chi connectivity index (χ0) is 16.8. The van der Waals surface area contributed by atoms with Crippen molar-refractivity contribution in [2.75, 3.05) is 26.7 Å². The van der Waals surface area contributed by atoms with Gasteiger partial charge in [0.05, 0.1) is 0 Å². The van der Waals surface area contributed by atoms with Crippen molar-refractivity contribution >= 4 is 11.9 Å². The second-order valence-electron chi connectivity index (χ2n) is 6.05. The maximum atomic E-state index is 12.0. The van der Waals surface area contributed by atoms with E-state index in [0.717, 1.165) is 25.5 Å². The molecule has 2 heterocycles. The van der Waals surface area contributed by atoms with Gasteiger partial charge in [0, 0.05) is 45.1 Å². The number of likely N-dealkylation sites (tertiary alicyclic amines) is 1. The molecule has 2 rings (SSSR count). The maximum absolute atomic E-state index is 12.0. The van der Waals surface area contributed by atoms with E-state index in [1.165, 1.54) is 0 Å². The summed E-state index contributed by atoms with van der Waals surface area (Å²) in [5.74, 6) is 2.24. The number of carbonyl (C=O) groups excluding carboxylic acids is 1. The molecule has 0 radical (unpaired) electrons. The van der Waals surface area contributed by atoms with Gasteiger partial charge < -0.3 is 20.1 Å². The van der Waals surface area contributed by atoms with Crippen LogP contribution >= 0.6 is 0 Å². The second kappa shape index (κ2) is 7.94. The van der Waals surface area contributed by atoms with Crippen molar-refractivity contribution in [1.29, 1.82) is 0 Å². The van der Waals surface area contributed by atoms with E-state index in [2.05, 4.69) is 25.8 Å². The van der Waals surface area contributed by atoms with Gasteiger partial charge in [0.1, 0.15) is 0 Å². The molecule has 1 aliphatic rings. The number of aromatic nitrogens is 2. The van der Waals surface area contributed by atoms with Crippen molar-refractivity contribution in [2.45, 2.75) is 39.7 Å². The van der Waals surface area contributed by atoms with Crippen LogP contribution in [0.2, 0.25) is 0 Å². The summed E-state index contributed by atoms with van der Waals surface area (Å²) in [6.07, 6.45) is 1.58. The van der Waals surface area contributed by atoms with Gasteiger partial charge in [-0.05, 0) is 13.3 Å². The van der Waals surface area contributed by atoms with E-state index in [4.69, 9.17) is 4.52 Å². The van der Waals surface area contributed by atoms with Crippen LogP contribution in [0.1, 0.15) is 32.0 Å². The largest absolute Gasteiger partial charge is 0.356 e. The minimum Gasteiger partial charge on any atom is -0.356 e. The minimum absolute atomic E-state index is 0.0454. The highest BCUT2D eigenvalue weighted by Gasteiger charge is 2.27. The zero-order valence-corrected chi connectivity index (χ0v) is 14.3. The van der Waals surface area contributed by atoms with Crippen LogP contribution in [-0.2, 0) is 11.2 Å². The lowest BCUT2D eigenvalue weighted by Gasteiger charge is -2.20. The van der Waals surface area contributed by atoms with Gasteiger partial charge >= 0.3 is 0 Å². The fourth-order valence-electron chi connectivity index (χ4n) is 2.56. The highest BCUT2D eigenvalue weighted by molar-refractivity contribution is 5.81. The Bertz CT molecular complexity index is 554. The summed E-state index contributed by atoms with van der Waals surface area (Å²) in [5.41, 5.74) is 0. The Hall–Kier alpha value is -2.12. The molecule has 0 aliphatic carbocycles. The van der Waals surface area contributed by atoms with Gasteiger partial charge in [-0.2, -0.15) is 4.98 Å². The van der Waals surface area contributed by atoms with Crippen LogP contribution in [0.3, 0.4) is 0 Å². The van der Waals surface area contributed by atoms with Crippen molar-refractivity contribution in [2.24, 2.45) is 10.9 Å². The summed E-state index contributed by atoms with van der Waals surface area (Å²) >= 11 is 0. The predicted octanol–water partition coefficient (Wildman–Crippen LogP) is 0.342. The zero-order valence-electron chi connectivity index (χ0n) is 14.3. The first-order valence-electron chi connectivity index (χ1n) is 8.04. The summed E-state index contributed by atoms with van der Waals surface area (Å²) < 4.78 is 5.07. The molecular weight excluding hydrogens is 296 g/mol. The Labute approximate surface area is 136 Å². The van der Waals surface area contributed by atoms with Crippen LogP contribution in [0.15, 0.2) is 9.52 Å². The van der Waals surface area contributed by atoms with Gasteiger partial charge in [-0.3, -0.25) is 9.79 Å². The monoisotopic (exact) mass is 322 g/mol. The molecule has 2 N–H and O–H groups in total. The molecule has 1 aliphatic heterocycles. The van der Waals surface area contributed by atoms with Crippen LogP contribution in [0.5, 0.6) is 0 Å². The topological polar surface area (TPSA) is 95.7 Å². The van der Waals surface area contributed by atoms with Gasteiger partial charge in [0.15, 0.2) is 11.8 Å². The Balaban J connectivity index is 1.74. The number of nitrogens with one attached hydrogen (secondary N) is 2. The lowest BCUT2D eigenvalue weighted by molar-refractivity contribution is -0.133. The fourth-order valence-corrected chi connectivity index (χ4v) is 2.56. The van der Waals surface area contributed by atoms with Crippen LogP contribution in [0, 0.1) is 12.8 Å². The Morgan fingerprint density at radius 1 is 1.52 bits per heavy atom. The molecule has 1 aromatic rings. The highest BCUT2D eigenvalue weighted by atomic mass is 16.5. The van der Waals surface area contributed by atoms with Gasteiger partial charge in [0.2, 0.25) is 11.8 Å². The number of nitrogens with zero attached hydrogens (tertiary/aromatic N) is 4. The van der Waals surface area contributed by atoms with Crippen molar-refractivity contribution in [3.05, 3.63) is 11.7 Å². The molecule has 8 nitrogen and oxygen atoms in total. The normalized spacial score (nSPS) is 18.6. The third-order valence-electron chi connectivity index (χ3n) is 3.76. The molecule has 0 bridgehead atoms. The van der Waals surface area contributed by atoms with E-state index in [1.54, 1.807) is 14.0 Å². The summed E-state index contributed by atoms with van der Waals surface area (Å²) in [5, 5.41) is 10.3. The summed E-state index contributed by atoms with van der Waals surface area (Å²) in [6.45, 7) is 7.84. The van der Waals surface area contributed by atoms with E-state index >= 15 is 0 Å². The molecule has 1 saturated heterocycles. The molecule has 1 atom stereocenters. The number of hydrogen-bond donors (Lipinski definition) is 2. The molecule has 1 fully saturated rings. The van der Waals surface area contributed by atoms with Crippen molar-refractivity contribution in [1.82, 2.24) is 25.7 Å². The maximum Gasteiger partial charge on any atom is 0.228 e. The third-order valence-corrected chi connectivity index (χ3v) is 3.76. The van der Waals surface area contributed by atoms with Crippen LogP contribution < -0.4 is 10.6 Å². The average molecular weight is 322 g/mol. The molecular formula is C15H26N6O2. The van der Waals surface area contributed by atoms with Crippen LogP contribution in [-0.4, -0.2) is 59.6 Å². The highest BCUT2D eigenvalue weighted by Crippen LogP contribution is 2.12. The van der Waals surface area contributed by atoms with Gasteiger partial charge in [-0.25, -0.2) is 0 Å². The van der Waals surface area contributed by atoms with E-state index < -0.39 is 0 Å². The number of guanidine groups is 1. The number of hydrogen-bond acceptors (Lipinski definition) is 5. The lowest BCUT2D eigenvalue weighted by atomic mass is 10.2. The molecule has 1 amide bonds. The quantitative estimate of drug-likeness (QED) is 0.600. The number of rotatable bonds is 5. The summed E-state index contributed by atoms with van der Waals surface area (Å²) in [7, 11) is 1.73. The van der Waals surface area contributed by atoms with Gasteiger partial charge in [-0.1, -0.05) is 19.0 Å². The van der Waals surface area contributed by atoms with E-state index in [-0.39, 0.29) is 17.9 Å². The Morgan fingerprint density at radius 2 is 2.30 bits per heavy atom. The molecule has 1 unspecified atom stereocenters. The molecule has 8 heteroatoms. The van der Waals surface area contributed by atoms with Crippen molar-refractivity contribution in [3.8, 4) is 0 Å². The smallest absolute Gasteiger partial charge is 0.228 e. The van der Waals surface area contributed by atoms with Crippen LogP contribution in [0.4, 0.5) is 0 Å². The molecule has 0 saturated carbocycles. The first-order chi connectivity index (χ1) is 11.0. The van der Waals surface area contributed by atoms with Crippen LogP contribution in [0.25, 0.3) is 0 Å². The summed E-state index contributed by atoms with van der Waals surface area (Å²) in [6, 6.07) is 0.231. The van der Waals surface area contributed by atoms with Gasteiger partial charge in [-0.15, -0.1) is 0 Å².